The molecule has 0 aromatic carbocycles. The van der Waals surface area contributed by atoms with E-state index in [0.29, 0.717) is 24.9 Å². The Labute approximate surface area is 157 Å². The second-order valence-electron chi connectivity index (χ2n) is 6.96. The fourth-order valence-corrected chi connectivity index (χ4v) is 4.01. The predicted octanol–water partition coefficient (Wildman–Crippen LogP) is 3.68. The first-order chi connectivity index (χ1) is 12.4. The van der Waals surface area contributed by atoms with Crippen molar-refractivity contribution >= 4 is 17.3 Å². The van der Waals surface area contributed by atoms with E-state index < -0.39 is 12.7 Å². The molecular weight excluding hydrogens is 361 g/mol. The lowest BCUT2D eigenvalue weighted by molar-refractivity contribution is -0.148. The highest BCUT2D eigenvalue weighted by Gasteiger charge is 2.32. The first kappa shape index (κ1) is 21.0. The molecule has 1 unspecified atom stereocenters. The van der Waals surface area contributed by atoms with Crippen molar-refractivity contribution in [2.24, 2.45) is 10.9 Å². The van der Waals surface area contributed by atoms with Crippen molar-refractivity contribution in [3.63, 3.8) is 0 Å². The average molecular weight is 391 g/mol. The van der Waals surface area contributed by atoms with Gasteiger partial charge in [-0.3, -0.25) is 9.89 Å². The lowest BCUT2D eigenvalue weighted by atomic mass is 9.93. The number of hydrogen-bond acceptors (Lipinski definition) is 3. The summed E-state index contributed by atoms with van der Waals surface area (Å²) in [4.78, 5) is 5.75. The molecule has 2 heterocycles. The molecule has 26 heavy (non-hydrogen) atoms. The normalized spacial score (nSPS) is 18.7. The van der Waals surface area contributed by atoms with Crippen molar-refractivity contribution in [2.75, 3.05) is 39.8 Å². The van der Waals surface area contributed by atoms with E-state index in [-0.39, 0.29) is 0 Å². The molecule has 1 aromatic heterocycles. The van der Waals surface area contributed by atoms with E-state index in [1.807, 2.05) is 0 Å². The molecular formula is C18H29F3N4S. The average Bonchev–Trinajstić information content (AvgIpc) is 3.12. The summed E-state index contributed by atoms with van der Waals surface area (Å²) >= 11 is 1.70. The minimum atomic E-state index is -4.09. The summed E-state index contributed by atoms with van der Waals surface area (Å²) in [6.07, 6.45) is -1.47. The molecule has 1 saturated heterocycles. The van der Waals surface area contributed by atoms with Gasteiger partial charge < -0.3 is 10.6 Å². The Morgan fingerprint density at radius 3 is 2.65 bits per heavy atom. The van der Waals surface area contributed by atoms with E-state index in [4.69, 9.17) is 0 Å². The number of guanidine groups is 1. The van der Waals surface area contributed by atoms with Crippen LogP contribution in [0.5, 0.6) is 0 Å². The number of alkyl halides is 3. The molecule has 0 spiro atoms. The van der Waals surface area contributed by atoms with Gasteiger partial charge in [-0.25, -0.2) is 0 Å². The van der Waals surface area contributed by atoms with Crippen LogP contribution in [0.2, 0.25) is 0 Å². The summed E-state index contributed by atoms with van der Waals surface area (Å²) in [6.45, 7) is 4.07. The highest BCUT2D eigenvalue weighted by molar-refractivity contribution is 7.07. The number of rotatable bonds is 7. The monoisotopic (exact) mass is 390 g/mol. The van der Waals surface area contributed by atoms with E-state index in [2.05, 4.69) is 39.4 Å². The predicted molar refractivity (Wildman–Crippen MR) is 102 cm³/mol. The summed E-state index contributed by atoms with van der Waals surface area (Å²) in [6, 6.07) is 2.14. The minimum absolute atomic E-state index is 0.415. The van der Waals surface area contributed by atoms with E-state index in [0.717, 1.165) is 38.3 Å². The van der Waals surface area contributed by atoms with Gasteiger partial charge in [0.15, 0.2) is 5.96 Å². The molecule has 0 radical (unpaired) electrons. The van der Waals surface area contributed by atoms with Crippen molar-refractivity contribution in [2.45, 2.75) is 38.3 Å². The van der Waals surface area contributed by atoms with Crippen molar-refractivity contribution in [3.8, 4) is 0 Å². The maximum absolute atomic E-state index is 12.4. The number of likely N-dealkylation sites (tertiary alicyclic amines) is 1. The Morgan fingerprint density at radius 2 is 2.08 bits per heavy atom. The lowest BCUT2D eigenvalue weighted by Crippen LogP contribution is -2.42. The van der Waals surface area contributed by atoms with Gasteiger partial charge in [0.2, 0.25) is 0 Å². The van der Waals surface area contributed by atoms with Crippen LogP contribution in [-0.4, -0.2) is 56.8 Å². The van der Waals surface area contributed by atoms with E-state index in [1.54, 1.807) is 18.4 Å². The fourth-order valence-electron chi connectivity index (χ4n) is 3.23. The van der Waals surface area contributed by atoms with Gasteiger partial charge in [-0.05, 0) is 66.6 Å². The smallest absolute Gasteiger partial charge is 0.356 e. The topological polar surface area (TPSA) is 39.7 Å². The maximum atomic E-state index is 12.4. The Kier molecular flexibility index (Phi) is 8.21. The van der Waals surface area contributed by atoms with Crippen LogP contribution in [0.3, 0.4) is 0 Å². The Balaban J connectivity index is 1.61. The summed E-state index contributed by atoms with van der Waals surface area (Å²) in [5, 5.41) is 10.9. The number of nitrogens with zero attached hydrogens (tertiary/aromatic N) is 2. The summed E-state index contributed by atoms with van der Waals surface area (Å²) in [7, 11) is 1.75. The van der Waals surface area contributed by atoms with Gasteiger partial charge in [-0.15, -0.1) is 0 Å². The van der Waals surface area contributed by atoms with E-state index in [1.165, 1.54) is 10.5 Å². The molecule has 0 amide bonds. The van der Waals surface area contributed by atoms with Crippen molar-refractivity contribution < 1.29 is 13.2 Å². The van der Waals surface area contributed by atoms with Gasteiger partial charge in [0.1, 0.15) is 0 Å². The zero-order chi connectivity index (χ0) is 19.0. The van der Waals surface area contributed by atoms with Crippen LogP contribution in [0.25, 0.3) is 0 Å². The SMILES string of the molecule is CN=C(NCCC1CCN(CC(F)(F)F)CC1)NCC(C)c1ccsc1. The second-order valence-corrected chi connectivity index (χ2v) is 7.74. The van der Waals surface area contributed by atoms with E-state index >= 15 is 0 Å². The second kappa shape index (κ2) is 10.2. The molecule has 0 aliphatic carbocycles. The summed E-state index contributed by atoms with van der Waals surface area (Å²) in [5.41, 5.74) is 1.32. The Bertz CT molecular complexity index is 537. The molecule has 0 saturated carbocycles. The van der Waals surface area contributed by atoms with Crippen molar-refractivity contribution in [1.82, 2.24) is 15.5 Å². The highest BCUT2D eigenvalue weighted by Crippen LogP contribution is 2.24. The van der Waals surface area contributed by atoms with Crippen LogP contribution in [0.15, 0.2) is 21.8 Å². The first-order valence-corrected chi connectivity index (χ1v) is 10.1. The molecule has 1 aromatic rings. The zero-order valence-corrected chi connectivity index (χ0v) is 16.3. The number of thiophene rings is 1. The third kappa shape index (κ3) is 7.53. The summed E-state index contributed by atoms with van der Waals surface area (Å²) in [5.74, 6) is 1.68. The standard InChI is InChI=1S/C18H29F3N4S/c1-14(16-6-10-26-12-16)11-24-17(22-2)23-7-3-15-4-8-25(9-5-15)13-18(19,20)21/h6,10,12,14-15H,3-5,7-9,11,13H2,1-2H3,(H2,22,23,24). The van der Waals surface area contributed by atoms with Crippen molar-refractivity contribution in [1.29, 1.82) is 0 Å². The van der Waals surface area contributed by atoms with Crippen LogP contribution < -0.4 is 10.6 Å². The first-order valence-electron chi connectivity index (χ1n) is 9.13. The number of piperidine rings is 1. The van der Waals surface area contributed by atoms with Gasteiger partial charge in [0.25, 0.3) is 0 Å². The van der Waals surface area contributed by atoms with Gasteiger partial charge in [-0.1, -0.05) is 6.92 Å². The Morgan fingerprint density at radius 1 is 1.35 bits per heavy atom. The van der Waals surface area contributed by atoms with Crippen LogP contribution in [0.4, 0.5) is 13.2 Å². The van der Waals surface area contributed by atoms with Crippen LogP contribution >= 0.6 is 11.3 Å². The molecule has 1 fully saturated rings. The molecule has 1 atom stereocenters. The molecule has 2 rings (SSSR count). The van der Waals surface area contributed by atoms with Crippen LogP contribution in [-0.2, 0) is 0 Å². The van der Waals surface area contributed by atoms with Gasteiger partial charge in [0, 0.05) is 20.1 Å². The zero-order valence-electron chi connectivity index (χ0n) is 15.5. The largest absolute Gasteiger partial charge is 0.401 e. The number of hydrogen-bond donors (Lipinski definition) is 2. The van der Waals surface area contributed by atoms with Crippen LogP contribution in [0.1, 0.15) is 37.7 Å². The lowest BCUT2D eigenvalue weighted by Gasteiger charge is -2.32. The molecule has 1 aliphatic heterocycles. The van der Waals surface area contributed by atoms with Gasteiger partial charge >= 0.3 is 6.18 Å². The maximum Gasteiger partial charge on any atom is 0.401 e. The van der Waals surface area contributed by atoms with Gasteiger partial charge in [0.05, 0.1) is 6.54 Å². The number of halogens is 3. The Hall–Kier alpha value is -1.28. The summed E-state index contributed by atoms with van der Waals surface area (Å²) < 4.78 is 37.2. The molecule has 148 valence electrons. The van der Waals surface area contributed by atoms with E-state index in [9.17, 15) is 13.2 Å². The van der Waals surface area contributed by atoms with Crippen LogP contribution in [0, 0.1) is 5.92 Å². The number of nitrogens with one attached hydrogen (secondary N) is 2. The molecule has 8 heteroatoms. The molecule has 4 nitrogen and oxygen atoms in total. The van der Waals surface area contributed by atoms with Gasteiger partial charge in [-0.2, -0.15) is 24.5 Å². The number of aliphatic imine (C=N–C) groups is 1. The molecule has 0 bridgehead atoms. The van der Waals surface area contributed by atoms with Crippen molar-refractivity contribution in [3.05, 3.63) is 22.4 Å². The highest BCUT2D eigenvalue weighted by atomic mass is 32.1. The third-order valence-corrected chi connectivity index (χ3v) is 5.57. The molecule has 2 N–H and O–H groups in total. The third-order valence-electron chi connectivity index (χ3n) is 4.87. The quantitative estimate of drug-likeness (QED) is 0.551. The molecule has 1 aliphatic rings. The fraction of sp³-hybridized carbons (Fsp3) is 0.722. The minimum Gasteiger partial charge on any atom is -0.356 e.